The number of aromatic nitrogens is 1. The number of amides is 1. The van der Waals surface area contributed by atoms with E-state index in [9.17, 15) is 4.79 Å². The van der Waals surface area contributed by atoms with Crippen LogP contribution in [0.4, 0.5) is 0 Å². The molecule has 2 atom stereocenters. The minimum atomic E-state index is -0.443. The van der Waals surface area contributed by atoms with E-state index in [-0.39, 0.29) is 11.9 Å². The Morgan fingerprint density at radius 3 is 2.79 bits per heavy atom. The lowest BCUT2D eigenvalue weighted by Crippen LogP contribution is -2.43. The Bertz CT molecular complexity index is 376. The van der Waals surface area contributed by atoms with Crippen LogP contribution in [0.2, 0.25) is 0 Å². The number of nitrogens with one attached hydrogen (secondary N) is 2. The fraction of sp³-hybridized carbons (Fsp3) is 0.556. The average molecular weight is 211 g/mol. The Balaban J connectivity index is 2.35. The minimum Gasteiger partial charge on any atom is -0.332 e. The van der Waals surface area contributed by atoms with Crippen molar-refractivity contribution >= 4 is 17.2 Å². The molecule has 1 fully saturated rings. The summed E-state index contributed by atoms with van der Waals surface area (Å²) in [5.41, 5.74) is 2.33. The lowest BCUT2D eigenvalue weighted by Gasteiger charge is -2.23. The summed E-state index contributed by atoms with van der Waals surface area (Å²) >= 11 is 1.56. The second kappa shape index (κ2) is 3.03. The molecule has 1 amide bonds. The van der Waals surface area contributed by atoms with Gasteiger partial charge in [-0.25, -0.2) is 4.98 Å². The minimum absolute atomic E-state index is 0.0419. The van der Waals surface area contributed by atoms with Crippen LogP contribution in [0.3, 0.4) is 0 Å². The van der Waals surface area contributed by atoms with Gasteiger partial charge in [0.1, 0.15) is 5.66 Å². The molecule has 2 heterocycles. The first-order valence-corrected chi connectivity index (χ1v) is 5.41. The maximum Gasteiger partial charge on any atom is 0.238 e. The fourth-order valence-corrected chi connectivity index (χ4v) is 2.68. The number of aryl methyl sites for hydroxylation is 1. The summed E-state index contributed by atoms with van der Waals surface area (Å²) in [7, 11) is 0. The summed E-state index contributed by atoms with van der Waals surface area (Å²) in [5, 5.41) is 6.18. The van der Waals surface area contributed by atoms with Crippen LogP contribution in [-0.2, 0) is 10.5 Å². The van der Waals surface area contributed by atoms with Crippen molar-refractivity contribution < 1.29 is 4.79 Å². The quantitative estimate of drug-likeness (QED) is 0.720. The highest BCUT2D eigenvalue weighted by Gasteiger charge is 2.40. The molecule has 0 radical (unpaired) electrons. The van der Waals surface area contributed by atoms with Crippen LogP contribution in [0, 0.1) is 6.92 Å². The van der Waals surface area contributed by atoms with Crippen LogP contribution in [0.15, 0.2) is 5.51 Å². The third-order valence-corrected chi connectivity index (χ3v) is 3.62. The number of rotatable bonds is 1. The van der Waals surface area contributed by atoms with Crippen molar-refractivity contribution in [1.82, 2.24) is 15.6 Å². The zero-order valence-corrected chi connectivity index (χ0v) is 9.23. The average Bonchev–Trinajstić information content (AvgIpc) is 2.59. The number of hydrogen-bond acceptors (Lipinski definition) is 4. The third-order valence-electron chi connectivity index (χ3n) is 2.47. The van der Waals surface area contributed by atoms with Crippen molar-refractivity contribution in [3.63, 3.8) is 0 Å². The van der Waals surface area contributed by atoms with Crippen LogP contribution in [0.1, 0.15) is 24.4 Å². The van der Waals surface area contributed by atoms with Gasteiger partial charge >= 0.3 is 0 Å². The van der Waals surface area contributed by atoms with E-state index in [1.807, 2.05) is 20.8 Å². The van der Waals surface area contributed by atoms with Gasteiger partial charge in [0, 0.05) is 0 Å². The van der Waals surface area contributed by atoms with Gasteiger partial charge < -0.3 is 5.32 Å². The number of carbonyl (C=O) groups is 1. The molecule has 2 unspecified atom stereocenters. The molecule has 14 heavy (non-hydrogen) atoms. The van der Waals surface area contributed by atoms with Gasteiger partial charge in [0.15, 0.2) is 0 Å². The van der Waals surface area contributed by atoms with Gasteiger partial charge in [-0.3, -0.25) is 10.1 Å². The fourth-order valence-electron chi connectivity index (χ4n) is 1.79. The van der Waals surface area contributed by atoms with Crippen molar-refractivity contribution in [3.05, 3.63) is 16.1 Å². The molecular weight excluding hydrogens is 198 g/mol. The predicted molar refractivity (Wildman–Crippen MR) is 54.9 cm³/mol. The van der Waals surface area contributed by atoms with E-state index in [1.54, 1.807) is 16.8 Å². The van der Waals surface area contributed by atoms with Gasteiger partial charge in [-0.05, 0) is 20.8 Å². The molecule has 1 aromatic rings. The number of carbonyl (C=O) groups excluding carboxylic acids is 1. The SMILES string of the molecule is Cc1ncsc1C1(C)NC(=O)C(C)N1. The molecule has 0 spiro atoms. The standard InChI is InChI=1S/C9H13N3OS/c1-5-7(14-4-10-5)9(3)11-6(2)8(13)12-9/h4,6,11H,1-3H3,(H,12,13). The molecule has 1 aliphatic heterocycles. The van der Waals surface area contributed by atoms with Crippen molar-refractivity contribution in [1.29, 1.82) is 0 Å². The first kappa shape index (κ1) is 9.61. The molecule has 2 N–H and O–H groups in total. The summed E-state index contributed by atoms with van der Waals surface area (Å²) in [6, 6.07) is -0.138. The molecule has 76 valence electrons. The Labute approximate surface area is 86.7 Å². The van der Waals surface area contributed by atoms with Crippen molar-refractivity contribution in [3.8, 4) is 0 Å². The first-order valence-electron chi connectivity index (χ1n) is 4.53. The van der Waals surface area contributed by atoms with E-state index in [1.165, 1.54) is 0 Å². The van der Waals surface area contributed by atoms with Gasteiger partial charge in [0.2, 0.25) is 5.91 Å². The molecule has 0 aliphatic carbocycles. The zero-order chi connectivity index (χ0) is 10.3. The highest BCUT2D eigenvalue weighted by Crippen LogP contribution is 2.28. The Morgan fingerprint density at radius 1 is 1.64 bits per heavy atom. The summed E-state index contributed by atoms with van der Waals surface area (Å²) in [5.74, 6) is 0.0419. The van der Waals surface area contributed by atoms with E-state index >= 15 is 0 Å². The maximum absolute atomic E-state index is 11.4. The summed E-state index contributed by atoms with van der Waals surface area (Å²) in [4.78, 5) is 16.7. The highest BCUT2D eigenvalue weighted by atomic mass is 32.1. The highest BCUT2D eigenvalue weighted by molar-refractivity contribution is 7.09. The molecule has 0 saturated carbocycles. The van der Waals surface area contributed by atoms with E-state index in [0.29, 0.717) is 0 Å². The smallest absolute Gasteiger partial charge is 0.238 e. The van der Waals surface area contributed by atoms with Crippen LogP contribution in [-0.4, -0.2) is 16.9 Å². The van der Waals surface area contributed by atoms with Crippen LogP contribution in [0.5, 0.6) is 0 Å². The first-order chi connectivity index (χ1) is 6.53. The second-order valence-electron chi connectivity index (χ2n) is 3.75. The second-order valence-corrected chi connectivity index (χ2v) is 4.60. The van der Waals surface area contributed by atoms with Crippen molar-refractivity contribution in [2.24, 2.45) is 0 Å². The molecular formula is C9H13N3OS. The summed E-state index contributed by atoms with van der Waals surface area (Å²) < 4.78 is 0. The van der Waals surface area contributed by atoms with Crippen molar-refractivity contribution in [2.45, 2.75) is 32.5 Å². The molecule has 1 aliphatic rings. The largest absolute Gasteiger partial charge is 0.332 e. The van der Waals surface area contributed by atoms with E-state index < -0.39 is 5.66 Å². The van der Waals surface area contributed by atoms with Gasteiger partial charge in [0.05, 0.1) is 22.1 Å². The van der Waals surface area contributed by atoms with Crippen LogP contribution < -0.4 is 10.6 Å². The molecule has 2 rings (SSSR count). The van der Waals surface area contributed by atoms with Gasteiger partial charge in [-0.1, -0.05) is 0 Å². The van der Waals surface area contributed by atoms with E-state index in [4.69, 9.17) is 0 Å². The van der Waals surface area contributed by atoms with Crippen LogP contribution in [0.25, 0.3) is 0 Å². The predicted octanol–water partition coefficient (Wildman–Crippen LogP) is 0.732. The topological polar surface area (TPSA) is 54.0 Å². The Hall–Kier alpha value is -0.940. The Kier molecular flexibility index (Phi) is 2.08. The third kappa shape index (κ3) is 1.33. The molecule has 0 bridgehead atoms. The lowest BCUT2D eigenvalue weighted by atomic mass is 10.1. The van der Waals surface area contributed by atoms with E-state index in [0.717, 1.165) is 10.6 Å². The number of hydrogen-bond donors (Lipinski definition) is 2. The molecule has 4 nitrogen and oxygen atoms in total. The zero-order valence-electron chi connectivity index (χ0n) is 8.42. The Morgan fingerprint density at radius 2 is 2.36 bits per heavy atom. The molecule has 0 aromatic carbocycles. The molecule has 1 saturated heterocycles. The van der Waals surface area contributed by atoms with Crippen molar-refractivity contribution in [2.75, 3.05) is 0 Å². The molecule has 5 heteroatoms. The normalized spacial score (nSPS) is 31.9. The van der Waals surface area contributed by atoms with Gasteiger partial charge in [-0.15, -0.1) is 11.3 Å². The molecule has 1 aromatic heterocycles. The monoisotopic (exact) mass is 211 g/mol. The van der Waals surface area contributed by atoms with Crippen LogP contribution >= 0.6 is 11.3 Å². The van der Waals surface area contributed by atoms with Gasteiger partial charge in [-0.2, -0.15) is 0 Å². The lowest BCUT2D eigenvalue weighted by molar-refractivity contribution is -0.120. The summed E-state index contributed by atoms with van der Waals surface area (Å²) in [6.45, 7) is 5.78. The maximum atomic E-state index is 11.4. The van der Waals surface area contributed by atoms with Gasteiger partial charge in [0.25, 0.3) is 0 Å². The number of nitrogens with zero attached hydrogens (tertiary/aromatic N) is 1. The van der Waals surface area contributed by atoms with E-state index in [2.05, 4.69) is 15.6 Å². The summed E-state index contributed by atoms with van der Waals surface area (Å²) in [6.07, 6.45) is 0. The number of thiazole rings is 1.